The number of nitrogens with zero attached hydrogens (tertiary/aromatic N) is 1. The number of carbonyl (C=O) groups is 12. The van der Waals surface area contributed by atoms with Crippen LogP contribution >= 0.6 is 12.6 Å². The van der Waals surface area contributed by atoms with E-state index < -0.39 is 163 Å². The van der Waals surface area contributed by atoms with E-state index in [0.717, 1.165) is 12.5 Å². The van der Waals surface area contributed by atoms with Crippen LogP contribution in [0.15, 0.2) is 30.3 Å². The lowest BCUT2D eigenvalue weighted by atomic mass is 10.0. The van der Waals surface area contributed by atoms with Crippen molar-refractivity contribution >= 4 is 83.7 Å². The van der Waals surface area contributed by atoms with Crippen molar-refractivity contribution in [2.45, 2.75) is 147 Å². The molecule has 25 nitrogen and oxygen atoms in total. The summed E-state index contributed by atoms with van der Waals surface area (Å²) in [5.74, 6) is -13.7. The second kappa shape index (κ2) is 29.4. The lowest BCUT2D eigenvalue weighted by molar-refractivity contribution is -0.143. The van der Waals surface area contributed by atoms with Crippen LogP contribution in [0.4, 0.5) is 0 Å². The molecule has 1 saturated heterocycles. The number of nitrogens with one attached hydrogen (secondary N) is 7. The molecule has 394 valence electrons. The van der Waals surface area contributed by atoms with Gasteiger partial charge >= 0.3 is 17.9 Å². The van der Waals surface area contributed by atoms with Crippen LogP contribution in [-0.2, 0) is 64.0 Å². The standard InChI is InChI=1S/C45H68N10O15S/c1-22(2)18-30(52-38(62)26(46)19-25-10-7-6-8-11-25)44(68)55-17-9-12-32(55)43(67)50-28(14-16-34(57)58)39(63)48-24(5)37(61)51-29(20-35(59)60)41(65)49-27(13-15-33(47)56)40(64)53-31(21-71)42(66)54-36(23(3)4)45(69)70/h6-8,10-11,22-24,26-32,36,71H,9,12-21,46H2,1-5H3,(H2,47,56)(H,48,63)(H,49,65)(H,50,67)(H,51,61)(H,52,62)(H,53,64)(H,54,66)(H,57,58)(H,59,60)(H,69,70)/t24-,26-,27-,28-,29-,30-,31-,32-,36-/m0/s1. The molecular formula is C45H68N10O15S. The van der Waals surface area contributed by atoms with Crippen molar-refractivity contribution in [3.63, 3.8) is 0 Å². The fourth-order valence-corrected chi connectivity index (χ4v) is 7.62. The first-order chi connectivity index (χ1) is 33.2. The average molecular weight is 1020 g/mol. The summed E-state index contributed by atoms with van der Waals surface area (Å²) < 4.78 is 0. The zero-order valence-electron chi connectivity index (χ0n) is 40.3. The maximum atomic E-state index is 14.0. The number of primary amides is 1. The van der Waals surface area contributed by atoms with Gasteiger partial charge in [0.05, 0.1) is 12.5 Å². The van der Waals surface area contributed by atoms with Crippen molar-refractivity contribution in [3.8, 4) is 0 Å². The van der Waals surface area contributed by atoms with Gasteiger partial charge in [-0.05, 0) is 62.8 Å². The minimum Gasteiger partial charge on any atom is -0.481 e. The van der Waals surface area contributed by atoms with Crippen molar-refractivity contribution in [1.29, 1.82) is 0 Å². The van der Waals surface area contributed by atoms with Gasteiger partial charge in [0.2, 0.25) is 53.2 Å². The molecule has 14 N–H and O–H groups in total. The van der Waals surface area contributed by atoms with E-state index in [2.05, 4.69) is 49.8 Å². The van der Waals surface area contributed by atoms with Gasteiger partial charge in [0.15, 0.2) is 0 Å². The van der Waals surface area contributed by atoms with Gasteiger partial charge in [-0.3, -0.25) is 52.7 Å². The van der Waals surface area contributed by atoms with Gasteiger partial charge in [0, 0.05) is 25.1 Å². The van der Waals surface area contributed by atoms with Crippen molar-refractivity contribution in [3.05, 3.63) is 35.9 Å². The summed E-state index contributed by atoms with van der Waals surface area (Å²) >= 11 is 4.05. The number of hydrogen-bond donors (Lipinski definition) is 13. The maximum Gasteiger partial charge on any atom is 0.326 e. The number of aliphatic carboxylic acids is 3. The molecule has 0 bridgehead atoms. The Labute approximate surface area is 415 Å². The van der Waals surface area contributed by atoms with Crippen molar-refractivity contribution in [1.82, 2.24) is 42.1 Å². The predicted octanol–water partition coefficient (Wildman–Crippen LogP) is -2.72. The molecule has 9 atom stereocenters. The highest BCUT2D eigenvalue weighted by molar-refractivity contribution is 7.80. The smallest absolute Gasteiger partial charge is 0.326 e. The van der Waals surface area contributed by atoms with Gasteiger partial charge in [-0.2, -0.15) is 12.6 Å². The third-order valence-electron chi connectivity index (χ3n) is 11.2. The van der Waals surface area contributed by atoms with Crippen LogP contribution in [0, 0.1) is 11.8 Å². The monoisotopic (exact) mass is 1020 g/mol. The third kappa shape index (κ3) is 20.6. The summed E-state index contributed by atoms with van der Waals surface area (Å²) in [6, 6.07) is -3.79. The molecule has 71 heavy (non-hydrogen) atoms. The molecule has 1 aliphatic rings. The van der Waals surface area contributed by atoms with Crippen molar-refractivity contribution < 1.29 is 72.9 Å². The number of carboxylic acids is 3. The molecule has 9 amide bonds. The summed E-state index contributed by atoms with van der Waals surface area (Å²) in [6.45, 7) is 7.98. The summed E-state index contributed by atoms with van der Waals surface area (Å²) in [5, 5.41) is 45.0. The molecule has 1 fully saturated rings. The number of nitrogens with two attached hydrogens (primary N) is 2. The second-order valence-electron chi connectivity index (χ2n) is 17.9. The van der Waals surface area contributed by atoms with Crippen LogP contribution in [0.3, 0.4) is 0 Å². The topological polar surface area (TPSA) is 405 Å². The predicted molar refractivity (Wildman–Crippen MR) is 255 cm³/mol. The van der Waals surface area contributed by atoms with E-state index in [4.69, 9.17) is 11.5 Å². The number of likely N-dealkylation sites (tertiary alicyclic amines) is 1. The normalized spacial score (nSPS) is 16.6. The Kier molecular flexibility index (Phi) is 24.9. The zero-order valence-corrected chi connectivity index (χ0v) is 41.2. The SMILES string of the molecule is CC(C)C[C@H](NC(=O)[C@@H](N)Cc1ccccc1)C(=O)N1CCC[C@H]1C(=O)N[C@@H](CCC(=O)O)C(=O)N[C@@H](C)C(=O)N[C@@H](CC(=O)O)C(=O)N[C@@H](CCC(N)=O)C(=O)N[C@@H](CS)C(=O)N[C@H](C(=O)O)C(C)C. The molecule has 0 radical (unpaired) electrons. The molecule has 0 spiro atoms. The molecule has 1 aromatic carbocycles. The molecule has 2 rings (SSSR count). The number of rotatable bonds is 30. The Morgan fingerprint density at radius 1 is 0.662 bits per heavy atom. The van der Waals surface area contributed by atoms with E-state index in [0.29, 0.717) is 6.42 Å². The van der Waals surface area contributed by atoms with Crippen molar-refractivity contribution in [2.75, 3.05) is 12.3 Å². The summed E-state index contributed by atoms with van der Waals surface area (Å²) in [7, 11) is 0. The maximum absolute atomic E-state index is 14.0. The van der Waals surface area contributed by atoms with Gasteiger partial charge in [-0.15, -0.1) is 0 Å². The summed E-state index contributed by atoms with van der Waals surface area (Å²) in [4.78, 5) is 156. The van der Waals surface area contributed by atoms with Crippen LogP contribution in [-0.4, -0.2) is 158 Å². The lowest BCUT2D eigenvalue weighted by Crippen LogP contribution is -2.60. The number of carboxylic acid groups (broad SMARTS) is 3. The molecule has 0 unspecified atom stereocenters. The van der Waals surface area contributed by atoms with E-state index in [1.54, 1.807) is 24.3 Å². The molecule has 1 heterocycles. The molecule has 0 aromatic heterocycles. The van der Waals surface area contributed by atoms with E-state index in [1.807, 2.05) is 19.9 Å². The second-order valence-corrected chi connectivity index (χ2v) is 18.3. The van der Waals surface area contributed by atoms with Gasteiger partial charge in [0.1, 0.15) is 48.3 Å². The van der Waals surface area contributed by atoms with Crippen LogP contribution in [0.25, 0.3) is 0 Å². The Hall–Kier alpha value is -6.83. The van der Waals surface area contributed by atoms with E-state index in [1.165, 1.54) is 18.7 Å². The molecule has 0 saturated carbocycles. The highest BCUT2D eigenvalue weighted by Gasteiger charge is 2.40. The first-order valence-electron chi connectivity index (χ1n) is 23.0. The van der Waals surface area contributed by atoms with Crippen LogP contribution in [0.2, 0.25) is 0 Å². The number of benzene rings is 1. The highest BCUT2D eigenvalue weighted by atomic mass is 32.1. The first kappa shape index (κ1) is 60.3. The van der Waals surface area contributed by atoms with E-state index >= 15 is 0 Å². The largest absolute Gasteiger partial charge is 0.481 e. The summed E-state index contributed by atoms with van der Waals surface area (Å²) in [5.41, 5.74) is 12.3. The van der Waals surface area contributed by atoms with E-state index in [9.17, 15) is 72.9 Å². The summed E-state index contributed by atoms with van der Waals surface area (Å²) in [6.07, 6.45) is -2.27. The van der Waals surface area contributed by atoms with Crippen molar-refractivity contribution in [2.24, 2.45) is 23.3 Å². The Bertz CT molecular complexity index is 2090. The molecule has 1 aliphatic heterocycles. The fraction of sp³-hybridized carbons (Fsp3) is 0.600. The Morgan fingerprint density at radius 2 is 1.20 bits per heavy atom. The first-order valence-corrected chi connectivity index (χ1v) is 23.7. The zero-order chi connectivity index (χ0) is 53.7. The number of thiol groups is 1. The molecule has 0 aliphatic carbocycles. The quantitative estimate of drug-likeness (QED) is 0.0348. The lowest BCUT2D eigenvalue weighted by Gasteiger charge is -2.31. The Morgan fingerprint density at radius 3 is 1.75 bits per heavy atom. The molecular weight excluding hydrogens is 953 g/mol. The number of carbonyl (C=O) groups excluding carboxylic acids is 9. The van der Waals surface area contributed by atoms with E-state index in [-0.39, 0.29) is 37.5 Å². The number of amides is 9. The molecule has 26 heteroatoms. The highest BCUT2D eigenvalue weighted by Crippen LogP contribution is 2.21. The van der Waals surface area contributed by atoms with Crippen LogP contribution in [0.1, 0.15) is 91.5 Å². The number of hydrogen-bond acceptors (Lipinski definition) is 14. The van der Waals surface area contributed by atoms with Crippen LogP contribution in [0.5, 0.6) is 0 Å². The fourth-order valence-electron chi connectivity index (χ4n) is 7.36. The average Bonchev–Trinajstić information content (AvgIpc) is 3.79. The third-order valence-corrected chi connectivity index (χ3v) is 11.6. The minimum absolute atomic E-state index is 0.0807. The van der Waals surface area contributed by atoms with Gasteiger partial charge < -0.3 is 68.9 Å². The van der Waals surface area contributed by atoms with Gasteiger partial charge in [0.25, 0.3) is 0 Å². The molecule has 1 aromatic rings. The van der Waals surface area contributed by atoms with Crippen LogP contribution < -0.4 is 48.7 Å². The van der Waals surface area contributed by atoms with Gasteiger partial charge in [-0.1, -0.05) is 58.0 Å². The Balaban J connectivity index is 2.24. The van der Waals surface area contributed by atoms with Gasteiger partial charge in [-0.25, -0.2) is 4.79 Å². The minimum atomic E-state index is -1.94.